The van der Waals surface area contributed by atoms with Crippen molar-refractivity contribution in [2.75, 3.05) is 26.2 Å². The first-order valence-corrected chi connectivity index (χ1v) is 7.69. The Kier molecular flexibility index (Phi) is 8.87. The lowest BCUT2D eigenvalue weighted by Crippen LogP contribution is -2.26. The fraction of sp³-hybridized carbons (Fsp3) is 0.562. The first kappa shape index (κ1) is 17.8. The monoisotopic (exact) mass is 314 g/mol. The van der Waals surface area contributed by atoms with E-state index < -0.39 is 6.10 Å². The van der Waals surface area contributed by atoms with Gasteiger partial charge >= 0.3 is 5.97 Å². The van der Waals surface area contributed by atoms with E-state index in [9.17, 15) is 4.79 Å². The highest BCUT2D eigenvalue weighted by atomic mass is 35.5. The fourth-order valence-electron chi connectivity index (χ4n) is 1.72. The maximum Gasteiger partial charge on any atom is 0.306 e. The number of carbonyl (C=O) groups is 1. The van der Waals surface area contributed by atoms with Gasteiger partial charge in [-0.25, -0.2) is 0 Å². The first-order chi connectivity index (χ1) is 10.2. The predicted molar refractivity (Wildman–Crippen MR) is 83.0 cm³/mol. The third kappa shape index (κ3) is 7.34. The predicted octanol–water partition coefficient (Wildman–Crippen LogP) is 3.21. The molecule has 0 radical (unpaired) electrons. The average molecular weight is 315 g/mol. The summed E-state index contributed by atoms with van der Waals surface area (Å²) >= 11 is 5.79. The van der Waals surface area contributed by atoms with Crippen molar-refractivity contribution in [2.45, 2.75) is 32.3 Å². The molecule has 5 heteroatoms. The maximum atomic E-state index is 11.4. The lowest BCUT2D eigenvalue weighted by Gasteiger charge is -2.16. The molecular formula is C16H23ClO4. The zero-order chi connectivity index (χ0) is 15.5. The second kappa shape index (κ2) is 10.5. The van der Waals surface area contributed by atoms with E-state index >= 15 is 0 Å². The Bertz CT molecular complexity index is 405. The van der Waals surface area contributed by atoms with Gasteiger partial charge in [-0.05, 0) is 30.5 Å². The molecule has 0 aliphatic carbocycles. The minimum absolute atomic E-state index is 0.224. The number of rotatable bonds is 10. The van der Waals surface area contributed by atoms with Crippen molar-refractivity contribution in [3.63, 3.8) is 0 Å². The quantitative estimate of drug-likeness (QED) is 0.491. The van der Waals surface area contributed by atoms with Gasteiger partial charge < -0.3 is 14.2 Å². The zero-order valence-corrected chi connectivity index (χ0v) is 13.4. The van der Waals surface area contributed by atoms with Gasteiger partial charge in [0.2, 0.25) is 0 Å². The van der Waals surface area contributed by atoms with Crippen molar-refractivity contribution in [3.8, 4) is 5.75 Å². The van der Waals surface area contributed by atoms with Crippen LogP contribution in [0.4, 0.5) is 0 Å². The topological polar surface area (TPSA) is 44.8 Å². The van der Waals surface area contributed by atoms with E-state index in [1.807, 2.05) is 31.2 Å². The number of carbonyl (C=O) groups excluding carboxylic acids is 1. The summed E-state index contributed by atoms with van der Waals surface area (Å²) in [5.74, 6) is 0.723. The second-order valence-corrected chi connectivity index (χ2v) is 5.02. The zero-order valence-electron chi connectivity index (χ0n) is 12.6. The van der Waals surface area contributed by atoms with E-state index in [0.29, 0.717) is 13.0 Å². The molecule has 0 saturated heterocycles. The van der Waals surface area contributed by atoms with E-state index in [1.165, 1.54) is 5.56 Å². The molecule has 0 fully saturated rings. The summed E-state index contributed by atoms with van der Waals surface area (Å²) in [5, 5.41) is 0. The molecule has 0 heterocycles. The van der Waals surface area contributed by atoms with Crippen LogP contribution in [0.5, 0.6) is 5.75 Å². The van der Waals surface area contributed by atoms with Crippen LogP contribution in [0.25, 0.3) is 0 Å². The summed E-state index contributed by atoms with van der Waals surface area (Å²) in [7, 11) is 1.68. The maximum absolute atomic E-state index is 11.4. The van der Waals surface area contributed by atoms with Crippen molar-refractivity contribution in [1.82, 2.24) is 0 Å². The van der Waals surface area contributed by atoms with E-state index in [1.54, 1.807) is 7.11 Å². The number of alkyl halides is 1. The van der Waals surface area contributed by atoms with Crippen LogP contribution >= 0.6 is 11.6 Å². The van der Waals surface area contributed by atoms with Crippen LogP contribution in [0.1, 0.15) is 25.3 Å². The van der Waals surface area contributed by atoms with E-state index in [0.717, 1.165) is 18.6 Å². The van der Waals surface area contributed by atoms with E-state index in [2.05, 4.69) is 0 Å². The van der Waals surface area contributed by atoms with E-state index in [4.69, 9.17) is 25.8 Å². The third-order valence-corrected chi connectivity index (χ3v) is 3.22. The standard InChI is InChI=1S/C16H23ClO4/c1-3-4-16(18)21-15(11-17)12-20-14-7-5-13(6-8-14)9-10-19-2/h5-8,15H,3-4,9-12H2,1-2H3. The molecule has 0 amide bonds. The number of hydrogen-bond donors (Lipinski definition) is 0. The molecule has 21 heavy (non-hydrogen) atoms. The molecule has 118 valence electrons. The van der Waals surface area contributed by atoms with Crippen molar-refractivity contribution >= 4 is 17.6 Å². The van der Waals surface area contributed by atoms with Gasteiger partial charge in [-0.15, -0.1) is 11.6 Å². The number of esters is 1. The SMILES string of the molecule is CCCC(=O)OC(CCl)COc1ccc(CCOC)cc1. The Morgan fingerprint density at radius 1 is 1.29 bits per heavy atom. The number of hydrogen-bond acceptors (Lipinski definition) is 4. The summed E-state index contributed by atoms with van der Waals surface area (Å²) in [6.07, 6.45) is 1.62. The Morgan fingerprint density at radius 3 is 2.57 bits per heavy atom. The van der Waals surface area contributed by atoms with Gasteiger partial charge in [0.1, 0.15) is 18.5 Å². The minimum Gasteiger partial charge on any atom is -0.490 e. The van der Waals surface area contributed by atoms with Crippen LogP contribution in [0.2, 0.25) is 0 Å². The Hall–Kier alpha value is -1.26. The summed E-state index contributed by atoms with van der Waals surface area (Å²) < 4.78 is 15.9. The van der Waals surface area contributed by atoms with Gasteiger partial charge in [0, 0.05) is 13.5 Å². The summed E-state index contributed by atoms with van der Waals surface area (Å²) in [6.45, 7) is 2.89. The molecule has 1 aromatic rings. The Labute approximate surface area is 131 Å². The molecule has 1 atom stereocenters. The molecule has 4 nitrogen and oxygen atoms in total. The van der Waals surface area contributed by atoms with Crippen LogP contribution in [0, 0.1) is 0 Å². The number of methoxy groups -OCH3 is 1. The average Bonchev–Trinajstić information content (AvgIpc) is 2.50. The molecule has 1 rings (SSSR count). The Morgan fingerprint density at radius 2 is 2.00 bits per heavy atom. The van der Waals surface area contributed by atoms with Crippen LogP contribution in [0.3, 0.4) is 0 Å². The molecule has 0 bridgehead atoms. The smallest absolute Gasteiger partial charge is 0.306 e. The largest absolute Gasteiger partial charge is 0.490 e. The van der Waals surface area contributed by atoms with Crippen LogP contribution in [0.15, 0.2) is 24.3 Å². The molecule has 0 saturated carbocycles. The number of benzene rings is 1. The van der Waals surface area contributed by atoms with Gasteiger partial charge in [0.05, 0.1) is 12.5 Å². The molecule has 0 aliphatic heterocycles. The summed E-state index contributed by atoms with van der Waals surface area (Å²) in [5.41, 5.74) is 1.19. The lowest BCUT2D eigenvalue weighted by molar-refractivity contribution is -0.149. The summed E-state index contributed by atoms with van der Waals surface area (Å²) in [6, 6.07) is 7.77. The molecule has 1 unspecified atom stereocenters. The number of halogens is 1. The van der Waals surface area contributed by atoms with Crippen molar-refractivity contribution in [3.05, 3.63) is 29.8 Å². The van der Waals surface area contributed by atoms with E-state index in [-0.39, 0.29) is 18.5 Å². The van der Waals surface area contributed by atoms with Crippen molar-refractivity contribution in [1.29, 1.82) is 0 Å². The van der Waals surface area contributed by atoms with Gasteiger partial charge in [-0.2, -0.15) is 0 Å². The molecule has 0 spiro atoms. The Balaban J connectivity index is 2.39. The third-order valence-electron chi connectivity index (χ3n) is 2.88. The molecule has 0 aliphatic rings. The van der Waals surface area contributed by atoms with Gasteiger partial charge in [-0.1, -0.05) is 19.1 Å². The highest BCUT2D eigenvalue weighted by Crippen LogP contribution is 2.14. The number of ether oxygens (including phenoxy) is 3. The fourth-order valence-corrected chi connectivity index (χ4v) is 1.87. The first-order valence-electron chi connectivity index (χ1n) is 7.15. The van der Waals surface area contributed by atoms with Crippen LogP contribution < -0.4 is 4.74 Å². The van der Waals surface area contributed by atoms with Crippen LogP contribution in [-0.4, -0.2) is 38.3 Å². The highest BCUT2D eigenvalue weighted by Gasteiger charge is 2.13. The normalized spacial score (nSPS) is 12.0. The molecule has 1 aromatic carbocycles. The molecule has 0 aromatic heterocycles. The van der Waals surface area contributed by atoms with Gasteiger partial charge in [-0.3, -0.25) is 4.79 Å². The van der Waals surface area contributed by atoms with Gasteiger partial charge in [0.25, 0.3) is 0 Å². The van der Waals surface area contributed by atoms with Crippen molar-refractivity contribution in [2.24, 2.45) is 0 Å². The second-order valence-electron chi connectivity index (χ2n) is 4.71. The summed E-state index contributed by atoms with van der Waals surface area (Å²) in [4.78, 5) is 11.4. The minimum atomic E-state index is -0.418. The molecule has 0 N–H and O–H groups in total. The molecular weight excluding hydrogens is 292 g/mol. The van der Waals surface area contributed by atoms with Crippen molar-refractivity contribution < 1.29 is 19.0 Å². The lowest BCUT2D eigenvalue weighted by atomic mass is 10.1. The highest BCUT2D eigenvalue weighted by molar-refractivity contribution is 6.18. The van der Waals surface area contributed by atoms with Crippen LogP contribution in [-0.2, 0) is 20.7 Å². The van der Waals surface area contributed by atoms with Gasteiger partial charge in [0.15, 0.2) is 0 Å².